The molecule has 0 unspecified atom stereocenters. The number of aromatic hydroxyl groups is 3. The van der Waals surface area contributed by atoms with Crippen LogP contribution in [0.4, 0.5) is 5.69 Å². The van der Waals surface area contributed by atoms with Gasteiger partial charge in [-0.25, -0.2) is 0 Å². The zero-order valence-corrected chi connectivity index (χ0v) is 9.20. The van der Waals surface area contributed by atoms with Crippen molar-refractivity contribution in [3.63, 3.8) is 0 Å². The van der Waals surface area contributed by atoms with Crippen molar-refractivity contribution in [2.45, 2.75) is 0 Å². The Balaban J connectivity index is 0.000001000. The van der Waals surface area contributed by atoms with Gasteiger partial charge in [-0.2, -0.15) is 0 Å². The molecule has 55 valence electrons. The summed E-state index contributed by atoms with van der Waals surface area (Å²) in [7, 11) is 0. The van der Waals surface area contributed by atoms with Crippen molar-refractivity contribution < 1.29 is 15.3 Å². The molecule has 0 fully saturated rings. The number of nitrogens with two attached hydrogens (primary N) is 1. The second-order valence-corrected chi connectivity index (χ2v) is 1.87. The quantitative estimate of drug-likeness (QED) is 0.196. The first kappa shape index (κ1) is 11.1. The van der Waals surface area contributed by atoms with Crippen molar-refractivity contribution in [2.75, 3.05) is 5.73 Å². The van der Waals surface area contributed by atoms with Gasteiger partial charge in [-0.15, -0.1) is 0 Å². The van der Waals surface area contributed by atoms with E-state index in [0.29, 0.717) is 0 Å². The molecule has 1 radical (unpaired) electrons. The van der Waals surface area contributed by atoms with E-state index in [1.54, 1.807) is 0 Å². The maximum atomic E-state index is 8.85. The molecule has 0 aliphatic rings. The molecule has 0 saturated carbocycles. The standard InChI is InChI=1S/C6H7NO3.K/c7-3-1-2-4(8)6(10)5(3)9;/h1-2,8-10H,7H2;. The summed E-state index contributed by atoms with van der Waals surface area (Å²) in [4.78, 5) is 0. The fourth-order valence-electron chi connectivity index (χ4n) is 0.585. The molecule has 0 atom stereocenters. The van der Waals surface area contributed by atoms with Gasteiger partial charge in [0.05, 0.1) is 5.69 Å². The molecule has 0 spiro atoms. The van der Waals surface area contributed by atoms with E-state index in [4.69, 9.17) is 21.1 Å². The summed E-state index contributed by atoms with van der Waals surface area (Å²) in [5, 5.41) is 26.4. The third-order valence-electron chi connectivity index (χ3n) is 1.16. The Kier molecular flexibility index (Phi) is 4.20. The van der Waals surface area contributed by atoms with Crippen LogP contribution in [0.3, 0.4) is 0 Å². The Morgan fingerprint density at radius 1 is 1.00 bits per heavy atom. The molecule has 0 aliphatic heterocycles. The Morgan fingerprint density at radius 2 is 1.55 bits per heavy atom. The van der Waals surface area contributed by atoms with Crippen LogP contribution < -0.4 is 5.73 Å². The maximum absolute atomic E-state index is 8.85. The summed E-state index contributed by atoms with van der Waals surface area (Å²) in [5.41, 5.74) is 5.21. The molecule has 0 amide bonds. The zero-order chi connectivity index (χ0) is 7.72. The molecule has 5 N–H and O–H groups in total. The van der Waals surface area contributed by atoms with E-state index in [0.717, 1.165) is 0 Å². The summed E-state index contributed by atoms with van der Waals surface area (Å²) in [6.07, 6.45) is 0. The molecule has 11 heavy (non-hydrogen) atoms. The van der Waals surface area contributed by atoms with Gasteiger partial charge in [-0.05, 0) is 12.1 Å². The van der Waals surface area contributed by atoms with E-state index < -0.39 is 11.5 Å². The van der Waals surface area contributed by atoms with Gasteiger partial charge in [-0.3, -0.25) is 0 Å². The molecule has 1 aromatic rings. The van der Waals surface area contributed by atoms with E-state index >= 15 is 0 Å². The first-order chi connectivity index (χ1) is 4.63. The predicted octanol–water partition coefficient (Wildman–Crippen LogP) is 0.00480. The van der Waals surface area contributed by atoms with Crippen molar-refractivity contribution >= 4 is 57.1 Å². The number of phenolic OH excluding ortho intramolecular Hbond substituents is 3. The Morgan fingerprint density at radius 3 is 2.00 bits per heavy atom. The minimum absolute atomic E-state index is 0. The molecular formula is C6H7KNO3. The third kappa shape index (κ3) is 2.24. The van der Waals surface area contributed by atoms with Gasteiger partial charge < -0.3 is 21.1 Å². The monoisotopic (exact) mass is 180 g/mol. The number of anilines is 1. The topological polar surface area (TPSA) is 86.7 Å². The van der Waals surface area contributed by atoms with Crippen LogP contribution in [0.2, 0.25) is 0 Å². The first-order valence-electron chi connectivity index (χ1n) is 2.62. The van der Waals surface area contributed by atoms with Crippen LogP contribution in [0.1, 0.15) is 0 Å². The van der Waals surface area contributed by atoms with E-state index in [9.17, 15) is 0 Å². The van der Waals surface area contributed by atoms with Gasteiger partial charge in [0.25, 0.3) is 0 Å². The summed E-state index contributed by atoms with van der Waals surface area (Å²) >= 11 is 0. The second-order valence-electron chi connectivity index (χ2n) is 1.87. The van der Waals surface area contributed by atoms with E-state index in [2.05, 4.69) is 0 Å². The van der Waals surface area contributed by atoms with Crippen LogP contribution in [0.5, 0.6) is 17.2 Å². The van der Waals surface area contributed by atoms with Crippen molar-refractivity contribution in [1.29, 1.82) is 0 Å². The Bertz CT molecular complexity index is 237. The van der Waals surface area contributed by atoms with Crippen molar-refractivity contribution in [2.24, 2.45) is 0 Å². The first-order valence-corrected chi connectivity index (χ1v) is 2.62. The second kappa shape index (κ2) is 4.17. The number of benzene rings is 1. The summed E-state index contributed by atoms with van der Waals surface area (Å²) < 4.78 is 0. The van der Waals surface area contributed by atoms with Gasteiger partial charge in [0, 0.05) is 51.4 Å². The molecule has 5 heteroatoms. The van der Waals surface area contributed by atoms with E-state index in [-0.39, 0.29) is 62.8 Å². The maximum Gasteiger partial charge on any atom is 0.202 e. The van der Waals surface area contributed by atoms with Crippen LogP contribution in [0.15, 0.2) is 12.1 Å². The minimum atomic E-state index is -0.583. The smallest absolute Gasteiger partial charge is 0.202 e. The molecule has 0 heterocycles. The van der Waals surface area contributed by atoms with Crippen LogP contribution in [0, 0.1) is 0 Å². The van der Waals surface area contributed by atoms with Crippen LogP contribution in [-0.2, 0) is 0 Å². The van der Waals surface area contributed by atoms with Crippen molar-refractivity contribution in [3.05, 3.63) is 12.1 Å². The average Bonchev–Trinajstić information content (AvgIpc) is 1.93. The molecule has 4 nitrogen and oxygen atoms in total. The molecule has 0 saturated heterocycles. The molecule has 1 rings (SSSR count). The molecule has 1 aromatic carbocycles. The van der Waals surface area contributed by atoms with Crippen molar-refractivity contribution in [3.8, 4) is 17.2 Å². The molecule has 0 bridgehead atoms. The van der Waals surface area contributed by atoms with E-state index in [1.165, 1.54) is 12.1 Å². The van der Waals surface area contributed by atoms with Crippen LogP contribution in [-0.4, -0.2) is 66.7 Å². The van der Waals surface area contributed by atoms with E-state index in [1.807, 2.05) is 0 Å². The number of hydrogen-bond acceptors (Lipinski definition) is 4. The Labute approximate surface area is 106 Å². The van der Waals surface area contributed by atoms with Gasteiger partial charge in [-0.1, -0.05) is 0 Å². The fraction of sp³-hybridized carbons (Fsp3) is 0. The van der Waals surface area contributed by atoms with Crippen molar-refractivity contribution in [1.82, 2.24) is 0 Å². The number of hydrogen-bond donors (Lipinski definition) is 4. The zero-order valence-electron chi connectivity index (χ0n) is 6.07. The molecule has 0 aromatic heterocycles. The van der Waals surface area contributed by atoms with Gasteiger partial charge >= 0.3 is 0 Å². The summed E-state index contributed by atoms with van der Waals surface area (Å²) in [5.74, 6) is -1.45. The fourth-order valence-corrected chi connectivity index (χ4v) is 0.585. The average molecular weight is 180 g/mol. The number of rotatable bonds is 0. The summed E-state index contributed by atoms with van der Waals surface area (Å²) in [6, 6.07) is 2.49. The summed E-state index contributed by atoms with van der Waals surface area (Å²) in [6.45, 7) is 0. The largest absolute Gasteiger partial charge is 0.504 e. The normalized spacial score (nSPS) is 8.73. The SMILES string of the molecule is Nc1ccc(O)c(O)c1O.[K]. The minimum Gasteiger partial charge on any atom is -0.504 e. The molecule has 0 aliphatic carbocycles. The van der Waals surface area contributed by atoms with Gasteiger partial charge in [0.1, 0.15) is 0 Å². The van der Waals surface area contributed by atoms with Crippen LogP contribution in [0.25, 0.3) is 0 Å². The Hall–Kier alpha value is 0.0564. The molecular weight excluding hydrogens is 173 g/mol. The van der Waals surface area contributed by atoms with Crippen LogP contribution >= 0.6 is 0 Å². The number of phenols is 3. The van der Waals surface area contributed by atoms with Gasteiger partial charge in [0.2, 0.25) is 5.75 Å². The number of nitrogen functional groups attached to an aromatic ring is 1. The third-order valence-corrected chi connectivity index (χ3v) is 1.16. The van der Waals surface area contributed by atoms with Gasteiger partial charge in [0.15, 0.2) is 11.5 Å². The predicted molar refractivity (Wildman–Crippen MR) is 41.6 cm³/mol.